The number of likely N-dealkylation sites (tertiary alicyclic amines) is 1. The summed E-state index contributed by atoms with van der Waals surface area (Å²) >= 11 is 0. The predicted molar refractivity (Wildman–Crippen MR) is 84.2 cm³/mol. The summed E-state index contributed by atoms with van der Waals surface area (Å²) < 4.78 is 11.3. The maximum Gasteiger partial charge on any atom is 0.264 e. The van der Waals surface area contributed by atoms with Crippen molar-refractivity contribution in [2.45, 2.75) is 25.4 Å². The minimum Gasteiger partial charge on any atom is -0.485 e. The van der Waals surface area contributed by atoms with Gasteiger partial charge in [-0.3, -0.25) is 4.79 Å². The molecule has 3 rings (SSSR count). The highest BCUT2D eigenvalue weighted by Crippen LogP contribution is 2.30. The Morgan fingerprint density at radius 2 is 2.00 bits per heavy atom. The zero-order chi connectivity index (χ0) is 15.4. The van der Waals surface area contributed by atoms with Crippen molar-refractivity contribution in [2.24, 2.45) is 5.92 Å². The van der Waals surface area contributed by atoms with Gasteiger partial charge in [0, 0.05) is 6.54 Å². The molecule has 2 aliphatic heterocycles. The van der Waals surface area contributed by atoms with Gasteiger partial charge in [-0.05, 0) is 57.5 Å². The van der Waals surface area contributed by atoms with Gasteiger partial charge in [0.15, 0.2) is 11.5 Å². The number of piperidine rings is 1. The summed E-state index contributed by atoms with van der Waals surface area (Å²) in [5.74, 6) is 1.99. The van der Waals surface area contributed by atoms with Crippen LogP contribution in [0.2, 0.25) is 0 Å². The Balaban J connectivity index is 1.41. The van der Waals surface area contributed by atoms with Gasteiger partial charge in [-0.2, -0.15) is 0 Å². The van der Waals surface area contributed by atoms with Gasteiger partial charge >= 0.3 is 0 Å². The average molecular weight is 304 g/mol. The predicted octanol–water partition coefficient (Wildman–Crippen LogP) is 1.67. The first kappa shape index (κ1) is 15.2. The van der Waals surface area contributed by atoms with Crippen LogP contribution >= 0.6 is 0 Å². The third-order valence-electron chi connectivity index (χ3n) is 4.49. The molecule has 5 heteroatoms. The van der Waals surface area contributed by atoms with Gasteiger partial charge in [0.25, 0.3) is 5.91 Å². The van der Waals surface area contributed by atoms with Crippen LogP contribution in [0.1, 0.15) is 19.3 Å². The summed E-state index contributed by atoms with van der Waals surface area (Å²) in [5, 5.41) is 2.98. The lowest BCUT2D eigenvalue weighted by Gasteiger charge is -2.29. The van der Waals surface area contributed by atoms with E-state index in [2.05, 4.69) is 17.3 Å². The first-order chi connectivity index (χ1) is 10.7. The van der Waals surface area contributed by atoms with Crippen molar-refractivity contribution < 1.29 is 14.3 Å². The molecule has 5 nitrogen and oxygen atoms in total. The highest BCUT2D eigenvalue weighted by molar-refractivity contribution is 5.81. The second-order valence-electron chi connectivity index (χ2n) is 6.19. The molecule has 0 bridgehead atoms. The van der Waals surface area contributed by atoms with E-state index in [9.17, 15) is 4.79 Å². The average Bonchev–Trinajstić information content (AvgIpc) is 2.56. The van der Waals surface area contributed by atoms with Gasteiger partial charge < -0.3 is 19.7 Å². The van der Waals surface area contributed by atoms with Crippen molar-refractivity contribution in [3.05, 3.63) is 24.3 Å². The van der Waals surface area contributed by atoms with Crippen molar-refractivity contribution >= 4 is 5.91 Å². The van der Waals surface area contributed by atoms with Crippen molar-refractivity contribution in [1.29, 1.82) is 0 Å². The van der Waals surface area contributed by atoms with E-state index in [-0.39, 0.29) is 12.5 Å². The van der Waals surface area contributed by atoms with Crippen LogP contribution in [0.15, 0.2) is 24.3 Å². The van der Waals surface area contributed by atoms with Gasteiger partial charge in [0.05, 0.1) is 0 Å². The molecule has 1 aromatic rings. The SMILES string of the molecule is CN1CCC(CCNC(=O)[C@H]2COc3ccccc3O2)CC1. The standard InChI is InChI=1S/C17H24N2O3/c1-19-10-7-13(8-11-19)6-9-18-17(20)16-12-21-14-4-2-3-5-15(14)22-16/h2-5,13,16H,6-12H2,1H3,(H,18,20)/t16-/m1/s1. The molecule has 0 radical (unpaired) electrons. The molecule has 1 fully saturated rings. The third-order valence-corrected chi connectivity index (χ3v) is 4.49. The number of para-hydroxylation sites is 2. The van der Waals surface area contributed by atoms with Gasteiger partial charge in [0.2, 0.25) is 6.10 Å². The lowest BCUT2D eigenvalue weighted by atomic mass is 9.94. The highest BCUT2D eigenvalue weighted by atomic mass is 16.6. The van der Waals surface area contributed by atoms with E-state index < -0.39 is 6.10 Å². The molecule has 22 heavy (non-hydrogen) atoms. The van der Waals surface area contributed by atoms with E-state index in [1.807, 2.05) is 24.3 Å². The van der Waals surface area contributed by atoms with Crippen LogP contribution < -0.4 is 14.8 Å². The Bertz CT molecular complexity index is 512. The number of nitrogens with zero attached hydrogens (tertiary/aromatic N) is 1. The minimum absolute atomic E-state index is 0.0811. The number of benzene rings is 1. The number of carbonyl (C=O) groups is 1. The molecule has 1 aromatic carbocycles. The van der Waals surface area contributed by atoms with Crippen LogP contribution in [0.25, 0.3) is 0 Å². The number of carbonyl (C=O) groups excluding carboxylic acids is 1. The molecule has 0 aromatic heterocycles. The zero-order valence-corrected chi connectivity index (χ0v) is 13.1. The smallest absolute Gasteiger partial charge is 0.264 e. The number of hydrogen-bond acceptors (Lipinski definition) is 4. The van der Waals surface area contributed by atoms with E-state index in [1.165, 1.54) is 12.8 Å². The molecule has 2 aliphatic rings. The van der Waals surface area contributed by atoms with Gasteiger partial charge in [-0.1, -0.05) is 12.1 Å². The molecule has 0 saturated carbocycles. The molecule has 2 heterocycles. The van der Waals surface area contributed by atoms with Crippen molar-refractivity contribution in [2.75, 3.05) is 33.3 Å². The summed E-state index contributed by atoms with van der Waals surface area (Å²) in [5.41, 5.74) is 0. The molecule has 0 spiro atoms. The van der Waals surface area contributed by atoms with Crippen LogP contribution in [0.3, 0.4) is 0 Å². The molecule has 1 saturated heterocycles. The van der Waals surface area contributed by atoms with E-state index >= 15 is 0 Å². The Kier molecular flexibility index (Phi) is 4.83. The number of nitrogens with one attached hydrogen (secondary N) is 1. The second kappa shape index (κ2) is 7.01. The first-order valence-corrected chi connectivity index (χ1v) is 8.07. The number of ether oxygens (including phenoxy) is 2. The van der Waals surface area contributed by atoms with Crippen molar-refractivity contribution in [3.63, 3.8) is 0 Å². The number of fused-ring (bicyclic) bond motifs is 1. The Morgan fingerprint density at radius 3 is 2.77 bits per heavy atom. The molecule has 0 aliphatic carbocycles. The maximum absolute atomic E-state index is 12.2. The minimum atomic E-state index is -0.549. The fourth-order valence-electron chi connectivity index (χ4n) is 3.01. The summed E-state index contributed by atoms with van der Waals surface area (Å²) in [6.45, 7) is 3.32. The van der Waals surface area contributed by atoms with E-state index in [0.29, 0.717) is 18.0 Å². The van der Waals surface area contributed by atoms with Crippen LogP contribution in [-0.2, 0) is 4.79 Å². The molecule has 1 amide bonds. The van der Waals surface area contributed by atoms with Crippen molar-refractivity contribution in [3.8, 4) is 11.5 Å². The molecule has 0 unspecified atom stereocenters. The third kappa shape index (κ3) is 3.71. The van der Waals surface area contributed by atoms with E-state index in [4.69, 9.17) is 9.47 Å². The summed E-state index contributed by atoms with van der Waals surface area (Å²) in [7, 11) is 2.16. The largest absolute Gasteiger partial charge is 0.485 e. The zero-order valence-electron chi connectivity index (χ0n) is 13.1. The van der Waals surface area contributed by atoms with Crippen LogP contribution in [0, 0.1) is 5.92 Å². The van der Waals surface area contributed by atoms with Crippen LogP contribution in [0.4, 0.5) is 0 Å². The van der Waals surface area contributed by atoms with Crippen LogP contribution in [-0.4, -0.2) is 50.2 Å². The molecular formula is C17H24N2O3. The monoisotopic (exact) mass is 304 g/mol. The number of amides is 1. The maximum atomic E-state index is 12.2. The Hall–Kier alpha value is -1.75. The van der Waals surface area contributed by atoms with E-state index in [0.717, 1.165) is 25.4 Å². The highest BCUT2D eigenvalue weighted by Gasteiger charge is 2.27. The van der Waals surface area contributed by atoms with Gasteiger partial charge in [-0.25, -0.2) is 0 Å². The fraction of sp³-hybridized carbons (Fsp3) is 0.588. The van der Waals surface area contributed by atoms with Gasteiger partial charge in [-0.15, -0.1) is 0 Å². The molecule has 120 valence electrons. The lowest BCUT2D eigenvalue weighted by Crippen LogP contribution is -2.44. The molecule has 1 N–H and O–H groups in total. The summed E-state index contributed by atoms with van der Waals surface area (Å²) in [6, 6.07) is 7.45. The lowest BCUT2D eigenvalue weighted by molar-refractivity contribution is -0.130. The summed E-state index contributed by atoms with van der Waals surface area (Å²) in [6.07, 6.45) is 2.95. The Labute approximate surface area is 131 Å². The number of hydrogen-bond donors (Lipinski definition) is 1. The normalized spacial score (nSPS) is 22.3. The quantitative estimate of drug-likeness (QED) is 0.919. The summed E-state index contributed by atoms with van der Waals surface area (Å²) in [4.78, 5) is 14.5. The Morgan fingerprint density at radius 1 is 1.27 bits per heavy atom. The topological polar surface area (TPSA) is 50.8 Å². The van der Waals surface area contributed by atoms with Gasteiger partial charge in [0.1, 0.15) is 6.61 Å². The first-order valence-electron chi connectivity index (χ1n) is 8.07. The molecular weight excluding hydrogens is 280 g/mol. The second-order valence-corrected chi connectivity index (χ2v) is 6.19. The number of rotatable bonds is 4. The van der Waals surface area contributed by atoms with Crippen LogP contribution in [0.5, 0.6) is 11.5 Å². The van der Waals surface area contributed by atoms with E-state index in [1.54, 1.807) is 0 Å². The fourth-order valence-corrected chi connectivity index (χ4v) is 3.01. The molecule has 1 atom stereocenters. The van der Waals surface area contributed by atoms with Crippen molar-refractivity contribution in [1.82, 2.24) is 10.2 Å².